The summed E-state index contributed by atoms with van der Waals surface area (Å²) in [5.74, 6) is 0. The number of rotatable bonds is 4. The third-order valence-corrected chi connectivity index (χ3v) is 1.19. The van der Waals surface area contributed by atoms with E-state index in [9.17, 15) is 0 Å². The van der Waals surface area contributed by atoms with Gasteiger partial charge < -0.3 is 10.6 Å². The molecule has 0 bridgehead atoms. The molecule has 0 fully saturated rings. The maximum absolute atomic E-state index is 3.74. The highest BCUT2D eigenvalue weighted by Gasteiger charge is 1.96. The van der Waals surface area contributed by atoms with Crippen LogP contribution in [0.4, 0.5) is 0 Å². The van der Waals surface area contributed by atoms with Gasteiger partial charge in [0.1, 0.15) is 0 Å². The van der Waals surface area contributed by atoms with E-state index in [2.05, 4.69) is 17.6 Å². The van der Waals surface area contributed by atoms with Gasteiger partial charge in [0.25, 0.3) is 0 Å². The molecule has 0 saturated carbocycles. The lowest BCUT2D eigenvalue weighted by Gasteiger charge is -2.12. The lowest BCUT2D eigenvalue weighted by Crippen LogP contribution is -2.37. The number of hydrogen-bond acceptors (Lipinski definition) is 2. The fraction of sp³-hybridized carbons (Fsp3) is 0.833. The Labute approximate surface area is 51.7 Å². The SMILES string of the molecule is [CH2]CCC(NC)NC. The Balaban J connectivity index is 3.07. The normalized spacial score (nSPS) is 10.5. The van der Waals surface area contributed by atoms with E-state index in [4.69, 9.17) is 0 Å². The minimum Gasteiger partial charge on any atom is -0.305 e. The number of hydrogen-bond donors (Lipinski definition) is 2. The Morgan fingerprint density at radius 3 is 2.00 bits per heavy atom. The van der Waals surface area contributed by atoms with Gasteiger partial charge in [-0.3, -0.25) is 0 Å². The molecule has 0 amide bonds. The van der Waals surface area contributed by atoms with Crippen molar-refractivity contribution < 1.29 is 0 Å². The van der Waals surface area contributed by atoms with Crippen LogP contribution >= 0.6 is 0 Å². The summed E-state index contributed by atoms with van der Waals surface area (Å²) in [6, 6.07) is 0. The molecule has 0 unspecified atom stereocenters. The molecule has 0 heterocycles. The molecule has 49 valence electrons. The molecule has 2 heteroatoms. The van der Waals surface area contributed by atoms with E-state index in [-0.39, 0.29) is 0 Å². The topological polar surface area (TPSA) is 24.1 Å². The molecule has 0 aliphatic heterocycles. The van der Waals surface area contributed by atoms with Crippen LogP contribution in [0.15, 0.2) is 0 Å². The van der Waals surface area contributed by atoms with Crippen LogP contribution in [-0.4, -0.2) is 20.3 Å². The van der Waals surface area contributed by atoms with Crippen molar-refractivity contribution >= 4 is 0 Å². The Bertz CT molecular complexity index is 41.8. The minimum atomic E-state index is 0.437. The molecule has 0 atom stereocenters. The van der Waals surface area contributed by atoms with Crippen molar-refractivity contribution in [1.82, 2.24) is 10.6 Å². The Morgan fingerprint density at radius 2 is 1.88 bits per heavy atom. The molecule has 2 nitrogen and oxygen atoms in total. The summed E-state index contributed by atoms with van der Waals surface area (Å²) in [7, 11) is 3.88. The Morgan fingerprint density at radius 1 is 1.38 bits per heavy atom. The summed E-state index contributed by atoms with van der Waals surface area (Å²) in [5, 5.41) is 6.20. The second kappa shape index (κ2) is 5.06. The van der Waals surface area contributed by atoms with E-state index in [0.717, 1.165) is 12.8 Å². The van der Waals surface area contributed by atoms with Gasteiger partial charge in [0.15, 0.2) is 0 Å². The van der Waals surface area contributed by atoms with Crippen LogP contribution < -0.4 is 10.6 Å². The fourth-order valence-electron chi connectivity index (χ4n) is 0.637. The zero-order chi connectivity index (χ0) is 6.41. The van der Waals surface area contributed by atoms with Crippen molar-refractivity contribution in [1.29, 1.82) is 0 Å². The summed E-state index contributed by atoms with van der Waals surface area (Å²) in [4.78, 5) is 0. The van der Waals surface area contributed by atoms with E-state index in [1.54, 1.807) is 0 Å². The Kier molecular flexibility index (Phi) is 5.01. The zero-order valence-electron chi connectivity index (χ0n) is 5.70. The molecule has 2 N–H and O–H groups in total. The lowest BCUT2D eigenvalue weighted by molar-refractivity contribution is 0.466. The van der Waals surface area contributed by atoms with Gasteiger partial charge >= 0.3 is 0 Å². The van der Waals surface area contributed by atoms with Gasteiger partial charge in [-0.2, -0.15) is 0 Å². The van der Waals surface area contributed by atoms with E-state index in [0.29, 0.717) is 6.17 Å². The summed E-state index contributed by atoms with van der Waals surface area (Å²) >= 11 is 0. The molecule has 0 aliphatic rings. The molecule has 0 aromatic carbocycles. The average molecular weight is 115 g/mol. The van der Waals surface area contributed by atoms with Gasteiger partial charge in [0.05, 0.1) is 6.17 Å². The lowest BCUT2D eigenvalue weighted by atomic mass is 10.3. The third kappa shape index (κ3) is 2.99. The summed E-state index contributed by atoms with van der Waals surface area (Å²) in [6.45, 7) is 3.74. The maximum atomic E-state index is 3.74. The van der Waals surface area contributed by atoms with Gasteiger partial charge in [-0.15, -0.1) is 0 Å². The van der Waals surface area contributed by atoms with Gasteiger partial charge in [-0.05, 0) is 20.5 Å². The monoisotopic (exact) mass is 115 g/mol. The molecule has 0 aromatic heterocycles. The zero-order valence-corrected chi connectivity index (χ0v) is 5.70. The van der Waals surface area contributed by atoms with Gasteiger partial charge in [0.2, 0.25) is 0 Å². The highest BCUT2D eigenvalue weighted by Crippen LogP contribution is 1.88. The van der Waals surface area contributed by atoms with E-state index in [1.165, 1.54) is 0 Å². The molecule has 0 rings (SSSR count). The van der Waals surface area contributed by atoms with E-state index in [1.807, 2.05) is 14.1 Å². The molecule has 1 radical (unpaired) electrons. The predicted molar refractivity (Wildman–Crippen MR) is 36.5 cm³/mol. The summed E-state index contributed by atoms with van der Waals surface area (Å²) in [6.07, 6.45) is 2.51. The van der Waals surface area contributed by atoms with Gasteiger partial charge in [0, 0.05) is 0 Å². The van der Waals surface area contributed by atoms with Crippen LogP contribution in [0, 0.1) is 6.92 Å². The molecule has 0 saturated heterocycles. The van der Waals surface area contributed by atoms with Crippen molar-refractivity contribution in [3.8, 4) is 0 Å². The van der Waals surface area contributed by atoms with Gasteiger partial charge in [-0.25, -0.2) is 0 Å². The first-order valence-corrected chi connectivity index (χ1v) is 2.99. The minimum absolute atomic E-state index is 0.437. The predicted octanol–water partition coefficient (Wildman–Crippen LogP) is 0.366. The average Bonchev–Trinajstić information content (AvgIpc) is 1.83. The standard InChI is InChI=1S/C6H15N2/c1-4-5-6(7-2)8-3/h6-8H,1,4-5H2,2-3H3. The first-order valence-electron chi connectivity index (χ1n) is 2.99. The van der Waals surface area contributed by atoms with Crippen LogP contribution in [0.5, 0.6) is 0 Å². The molecule has 0 spiro atoms. The van der Waals surface area contributed by atoms with Crippen LogP contribution in [0.3, 0.4) is 0 Å². The Hall–Kier alpha value is -0.0800. The highest BCUT2D eigenvalue weighted by molar-refractivity contribution is 4.58. The fourth-order valence-corrected chi connectivity index (χ4v) is 0.637. The van der Waals surface area contributed by atoms with Crippen LogP contribution in [-0.2, 0) is 0 Å². The van der Waals surface area contributed by atoms with E-state index < -0.39 is 0 Å². The van der Waals surface area contributed by atoms with Crippen LogP contribution in [0.2, 0.25) is 0 Å². The smallest absolute Gasteiger partial charge is 0.0566 e. The maximum Gasteiger partial charge on any atom is 0.0566 e. The molecule has 8 heavy (non-hydrogen) atoms. The van der Waals surface area contributed by atoms with Crippen molar-refractivity contribution in [3.63, 3.8) is 0 Å². The first kappa shape index (κ1) is 7.92. The second-order valence-electron chi connectivity index (χ2n) is 1.77. The number of nitrogens with one attached hydrogen (secondary N) is 2. The molecular formula is C6H15N2. The summed E-state index contributed by atoms with van der Waals surface area (Å²) in [5.41, 5.74) is 0. The molecule has 0 aliphatic carbocycles. The van der Waals surface area contributed by atoms with Crippen molar-refractivity contribution in [3.05, 3.63) is 6.92 Å². The summed E-state index contributed by atoms with van der Waals surface area (Å²) < 4.78 is 0. The highest BCUT2D eigenvalue weighted by atomic mass is 15.1. The second-order valence-corrected chi connectivity index (χ2v) is 1.77. The van der Waals surface area contributed by atoms with Crippen molar-refractivity contribution in [2.45, 2.75) is 19.0 Å². The molecular weight excluding hydrogens is 100 g/mol. The third-order valence-electron chi connectivity index (χ3n) is 1.19. The van der Waals surface area contributed by atoms with Crippen LogP contribution in [0.25, 0.3) is 0 Å². The van der Waals surface area contributed by atoms with Crippen LogP contribution in [0.1, 0.15) is 12.8 Å². The van der Waals surface area contributed by atoms with Gasteiger partial charge in [-0.1, -0.05) is 13.3 Å². The quantitative estimate of drug-likeness (QED) is 0.517. The first-order chi connectivity index (χ1) is 3.85. The van der Waals surface area contributed by atoms with E-state index >= 15 is 0 Å². The largest absolute Gasteiger partial charge is 0.305 e. The molecule has 0 aromatic rings. The van der Waals surface area contributed by atoms with Crippen molar-refractivity contribution in [2.24, 2.45) is 0 Å². The van der Waals surface area contributed by atoms with Crippen molar-refractivity contribution in [2.75, 3.05) is 14.1 Å².